The first-order valence-corrected chi connectivity index (χ1v) is 4.53. The second-order valence-electron chi connectivity index (χ2n) is 2.90. The molecule has 0 amide bonds. The molecule has 15 heavy (non-hydrogen) atoms. The lowest BCUT2D eigenvalue weighted by Crippen LogP contribution is -1.95. The van der Waals surface area contributed by atoms with E-state index in [1.54, 1.807) is 6.08 Å². The number of carboxylic acids is 1. The fourth-order valence-electron chi connectivity index (χ4n) is 0.911. The van der Waals surface area contributed by atoms with Crippen molar-refractivity contribution in [1.29, 1.82) is 0 Å². The highest BCUT2D eigenvalue weighted by atomic mass is 16.5. The molecule has 0 unspecified atom stereocenters. The van der Waals surface area contributed by atoms with Crippen LogP contribution in [0.2, 0.25) is 0 Å². The summed E-state index contributed by atoms with van der Waals surface area (Å²) in [5, 5.41) is 8.54. The first-order chi connectivity index (χ1) is 7.20. The maximum absolute atomic E-state index is 10.4. The Hall–Kier alpha value is -1.99. The largest absolute Gasteiger partial charge is 0.489 e. The van der Waals surface area contributed by atoms with Crippen LogP contribution < -0.4 is 4.74 Å². The molecule has 0 aromatic heterocycles. The molecule has 0 heterocycles. The van der Waals surface area contributed by atoms with Crippen LogP contribution in [0.1, 0.15) is 6.92 Å². The smallest absolute Gasteiger partial charge is 0.339 e. The van der Waals surface area contributed by atoms with Crippen LogP contribution in [0, 0.1) is 0 Å². The van der Waals surface area contributed by atoms with E-state index in [2.05, 4.69) is 5.73 Å². The summed E-state index contributed by atoms with van der Waals surface area (Å²) < 4.78 is 5.31. The fraction of sp³-hybridized carbons (Fsp3) is 0.167. The maximum Gasteiger partial charge on any atom is 0.339 e. The Labute approximate surface area is 88.3 Å². The van der Waals surface area contributed by atoms with Gasteiger partial charge in [0.1, 0.15) is 12.4 Å². The minimum Gasteiger partial charge on any atom is -0.489 e. The van der Waals surface area contributed by atoms with Crippen molar-refractivity contribution >= 4 is 5.97 Å². The van der Waals surface area contributed by atoms with E-state index in [4.69, 9.17) is 9.84 Å². The minimum absolute atomic E-state index is 0.173. The van der Waals surface area contributed by atoms with Crippen molar-refractivity contribution in [2.24, 2.45) is 0 Å². The van der Waals surface area contributed by atoms with E-state index in [0.29, 0.717) is 6.61 Å². The van der Waals surface area contributed by atoms with Gasteiger partial charge in [-0.15, -0.1) is 5.73 Å². The van der Waals surface area contributed by atoms with E-state index in [9.17, 15) is 4.79 Å². The summed E-state index contributed by atoms with van der Waals surface area (Å²) >= 11 is 0. The van der Waals surface area contributed by atoms with E-state index in [1.807, 2.05) is 30.3 Å². The van der Waals surface area contributed by atoms with Crippen molar-refractivity contribution in [3.8, 4) is 5.75 Å². The molecule has 0 atom stereocenters. The van der Waals surface area contributed by atoms with Gasteiger partial charge in [0.05, 0.1) is 5.57 Å². The van der Waals surface area contributed by atoms with E-state index in [1.165, 1.54) is 6.92 Å². The number of hydrogen-bond acceptors (Lipinski definition) is 2. The van der Waals surface area contributed by atoms with Crippen LogP contribution >= 0.6 is 0 Å². The van der Waals surface area contributed by atoms with Gasteiger partial charge in [0.15, 0.2) is 0 Å². The molecular formula is C12H12O3. The summed E-state index contributed by atoms with van der Waals surface area (Å²) in [5.41, 5.74) is 2.79. The van der Waals surface area contributed by atoms with E-state index in [0.717, 1.165) is 5.75 Å². The van der Waals surface area contributed by atoms with E-state index >= 15 is 0 Å². The molecule has 0 saturated carbocycles. The number of carboxylic acid groups (broad SMARTS) is 1. The molecule has 1 aromatic carbocycles. The highest BCUT2D eigenvalue weighted by Crippen LogP contribution is 2.07. The summed E-state index contributed by atoms with van der Waals surface area (Å²) in [6.07, 6.45) is 1.55. The van der Waals surface area contributed by atoms with Gasteiger partial charge in [-0.3, -0.25) is 0 Å². The fourth-order valence-corrected chi connectivity index (χ4v) is 0.911. The predicted octanol–water partition coefficient (Wildman–Crippen LogP) is 2.25. The third-order valence-corrected chi connectivity index (χ3v) is 1.72. The summed E-state index contributed by atoms with van der Waals surface area (Å²) in [5.74, 6) is -0.213. The summed E-state index contributed by atoms with van der Waals surface area (Å²) in [4.78, 5) is 10.4. The highest BCUT2D eigenvalue weighted by molar-refractivity contribution is 5.85. The zero-order chi connectivity index (χ0) is 11.1. The molecule has 3 nitrogen and oxygen atoms in total. The van der Waals surface area contributed by atoms with E-state index < -0.39 is 5.97 Å². The second-order valence-corrected chi connectivity index (χ2v) is 2.90. The third-order valence-electron chi connectivity index (χ3n) is 1.72. The van der Waals surface area contributed by atoms with Crippen LogP contribution in [0.15, 0.2) is 47.7 Å². The zero-order valence-electron chi connectivity index (χ0n) is 8.43. The van der Waals surface area contributed by atoms with Gasteiger partial charge in [-0.1, -0.05) is 18.2 Å². The quantitative estimate of drug-likeness (QED) is 0.604. The van der Waals surface area contributed by atoms with Gasteiger partial charge in [0.2, 0.25) is 0 Å². The average molecular weight is 204 g/mol. The molecule has 0 aliphatic carbocycles. The molecular weight excluding hydrogens is 192 g/mol. The normalized spacial score (nSPS) is 8.87. The van der Waals surface area contributed by atoms with Crippen molar-refractivity contribution in [2.45, 2.75) is 6.92 Å². The monoisotopic (exact) mass is 204 g/mol. The Morgan fingerprint density at radius 1 is 1.47 bits per heavy atom. The molecule has 1 aromatic rings. The SMILES string of the molecule is CC(=C=CCOc1ccccc1)C(=O)O. The Morgan fingerprint density at radius 2 is 2.13 bits per heavy atom. The maximum atomic E-state index is 10.4. The van der Waals surface area contributed by atoms with Crippen molar-refractivity contribution in [3.05, 3.63) is 47.7 Å². The Bertz CT molecular complexity index is 387. The van der Waals surface area contributed by atoms with Gasteiger partial charge in [0.25, 0.3) is 0 Å². The molecule has 0 radical (unpaired) electrons. The van der Waals surface area contributed by atoms with Gasteiger partial charge < -0.3 is 9.84 Å². The van der Waals surface area contributed by atoms with Gasteiger partial charge in [-0.05, 0) is 25.1 Å². The summed E-state index contributed by atoms with van der Waals surface area (Å²) in [7, 11) is 0. The highest BCUT2D eigenvalue weighted by Gasteiger charge is 1.95. The number of ether oxygens (including phenoxy) is 1. The lowest BCUT2D eigenvalue weighted by atomic mass is 10.3. The summed E-state index contributed by atoms with van der Waals surface area (Å²) in [6.45, 7) is 1.80. The number of rotatable bonds is 4. The summed E-state index contributed by atoms with van der Waals surface area (Å²) in [6, 6.07) is 9.31. The van der Waals surface area contributed by atoms with Crippen molar-refractivity contribution < 1.29 is 14.6 Å². The topological polar surface area (TPSA) is 46.5 Å². The van der Waals surface area contributed by atoms with Gasteiger partial charge >= 0.3 is 5.97 Å². The molecule has 0 fully saturated rings. The molecule has 78 valence electrons. The number of hydrogen-bond donors (Lipinski definition) is 1. The van der Waals surface area contributed by atoms with Crippen molar-refractivity contribution in [3.63, 3.8) is 0 Å². The standard InChI is InChI=1S/C12H12O3/c1-10(12(13)14)6-5-9-15-11-7-3-2-4-8-11/h2-5,7-8H,9H2,1H3,(H,13,14). The van der Waals surface area contributed by atoms with Gasteiger partial charge in [-0.25, -0.2) is 4.79 Å². The lowest BCUT2D eigenvalue weighted by Gasteiger charge is -2.00. The number of carbonyl (C=O) groups is 1. The molecule has 0 aliphatic rings. The third kappa shape index (κ3) is 4.16. The first kappa shape index (κ1) is 11.1. The van der Waals surface area contributed by atoms with Crippen molar-refractivity contribution in [2.75, 3.05) is 6.61 Å². The first-order valence-electron chi connectivity index (χ1n) is 4.53. The van der Waals surface area contributed by atoms with Crippen molar-refractivity contribution in [1.82, 2.24) is 0 Å². The van der Waals surface area contributed by atoms with Gasteiger partial charge in [0, 0.05) is 0 Å². The molecule has 0 saturated heterocycles. The van der Waals surface area contributed by atoms with Crippen LogP contribution in [0.25, 0.3) is 0 Å². The molecule has 0 aliphatic heterocycles. The van der Waals surface area contributed by atoms with Crippen LogP contribution in [0.5, 0.6) is 5.75 Å². The second kappa shape index (κ2) is 5.68. The predicted molar refractivity (Wildman–Crippen MR) is 56.8 cm³/mol. The Balaban J connectivity index is 2.47. The van der Waals surface area contributed by atoms with E-state index in [-0.39, 0.29) is 5.57 Å². The number of para-hydroxylation sites is 1. The van der Waals surface area contributed by atoms with Gasteiger partial charge in [-0.2, -0.15) is 0 Å². The lowest BCUT2D eigenvalue weighted by molar-refractivity contribution is -0.132. The van der Waals surface area contributed by atoms with Crippen LogP contribution in [0.4, 0.5) is 0 Å². The molecule has 0 spiro atoms. The molecule has 1 rings (SSSR count). The zero-order valence-corrected chi connectivity index (χ0v) is 8.43. The van der Waals surface area contributed by atoms with Crippen LogP contribution in [0.3, 0.4) is 0 Å². The van der Waals surface area contributed by atoms with Crippen LogP contribution in [-0.2, 0) is 4.79 Å². The average Bonchev–Trinajstić information content (AvgIpc) is 2.25. The van der Waals surface area contributed by atoms with Crippen LogP contribution in [-0.4, -0.2) is 17.7 Å². The molecule has 0 bridgehead atoms. The number of benzene rings is 1. The Morgan fingerprint density at radius 3 is 2.73 bits per heavy atom. The molecule has 3 heteroatoms. The number of aliphatic carboxylic acids is 1. The Kier molecular flexibility index (Phi) is 4.20. The molecule has 1 N–H and O–H groups in total. The minimum atomic E-state index is -0.967.